The normalized spacial score (nSPS) is 10.5. The SMILES string of the molecule is O=C(/C=C/c1ccccc1)NCCC(=O)Nc1ccc(F)c([N+](=O)[O-])c1. The highest BCUT2D eigenvalue weighted by molar-refractivity contribution is 5.93. The van der Waals surface area contributed by atoms with Gasteiger partial charge in [0.25, 0.3) is 0 Å². The number of hydrogen-bond acceptors (Lipinski definition) is 4. The molecule has 2 aromatic carbocycles. The first-order valence-corrected chi connectivity index (χ1v) is 7.70. The Morgan fingerprint density at radius 2 is 1.88 bits per heavy atom. The summed E-state index contributed by atoms with van der Waals surface area (Å²) in [6, 6.07) is 12.3. The van der Waals surface area contributed by atoms with Crippen LogP contribution in [-0.2, 0) is 9.59 Å². The summed E-state index contributed by atoms with van der Waals surface area (Å²) in [6.07, 6.45) is 2.97. The molecule has 0 heterocycles. The summed E-state index contributed by atoms with van der Waals surface area (Å²) in [5.41, 5.74) is 0.263. The van der Waals surface area contributed by atoms with Crippen molar-refractivity contribution in [3.8, 4) is 0 Å². The van der Waals surface area contributed by atoms with Crippen LogP contribution in [-0.4, -0.2) is 23.3 Å². The number of carbonyl (C=O) groups is 2. The number of nitrogens with one attached hydrogen (secondary N) is 2. The minimum absolute atomic E-state index is 0.0317. The zero-order valence-electron chi connectivity index (χ0n) is 13.6. The number of hydrogen-bond donors (Lipinski definition) is 2. The molecule has 2 aromatic rings. The second kappa shape index (κ2) is 9.07. The maximum Gasteiger partial charge on any atom is 0.306 e. The van der Waals surface area contributed by atoms with Gasteiger partial charge in [-0.15, -0.1) is 0 Å². The Bertz CT molecular complexity index is 838. The van der Waals surface area contributed by atoms with Crippen LogP contribution in [0.15, 0.2) is 54.6 Å². The highest BCUT2D eigenvalue weighted by atomic mass is 19.1. The number of rotatable bonds is 7. The Morgan fingerprint density at radius 3 is 2.58 bits per heavy atom. The summed E-state index contributed by atoms with van der Waals surface area (Å²) in [5, 5.41) is 15.6. The molecule has 0 unspecified atom stereocenters. The highest BCUT2D eigenvalue weighted by Crippen LogP contribution is 2.21. The maximum absolute atomic E-state index is 13.2. The van der Waals surface area contributed by atoms with E-state index in [2.05, 4.69) is 10.6 Å². The van der Waals surface area contributed by atoms with Crippen molar-refractivity contribution >= 4 is 29.3 Å². The standard InChI is InChI=1S/C18H16FN3O4/c19-15-8-7-14(12-16(15)22(25)26)21-18(24)10-11-20-17(23)9-6-13-4-2-1-3-5-13/h1-9,12H,10-11H2,(H,20,23)(H,21,24)/b9-6+. The fraction of sp³-hybridized carbons (Fsp3) is 0.111. The lowest BCUT2D eigenvalue weighted by molar-refractivity contribution is -0.387. The van der Waals surface area contributed by atoms with Gasteiger partial charge in [-0.2, -0.15) is 4.39 Å². The zero-order chi connectivity index (χ0) is 18.9. The van der Waals surface area contributed by atoms with E-state index < -0.39 is 22.3 Å². The van der Waals surface area contributed by atoms with Crippen molar-refractivity contribution in [2.24, 2.45) is 0 Å². The molecule has 0 radical (unpaired) electrons. The average molecular weight is 357 g/mol. The van der Waals surface area contributed by atoms with Crippen molar-refractivity contribution in [2.75, 3.05) is 11.9 Å². The van der Waals surface area contributed by atoms with Gasteiger partial charge in [0, 0.05) is 30.8 Å². The summed E-state index contributed by atoms with van der Waals surface area (Å²) in [5.74, 6) is -1.79. The van der Waals surface area contributed by atoms with Gasteiger partial charge in [0.2, 0.25) is 17.6 Å². The van der Waals surface area contributed by atoms with Crippen LogP contribution in [0.25, 0.3) is 6.08 Å². The lowest BCUT2D eigenvalue weighted by Crippen LogP contribution is -2.26. The number of benzene rings is 2. The van der Waals surface area contributed by atoms with E-state index in [1.807, 2.05) is 30.3 Å². The van der Waals surface area contributed by atoms with E-state index in [1.165, 1.54) is 12.1 Å². The van der Waals surface area contributed by atoms with Crippen LogP contribution >= 0.6 is 0 Å². The van der Waals surface area contributed by atoms with Gasteiger partial charge < -0.3 is 10.6 Å². The number of amides is 2. The van der Waals surface area contributed by atoms with Crippen molar-refractivity contribution in [1.82, 2.24) is 5.32 Å². The molecule has 0 aliphatic rings. The van der Waals surface area contributed by atoms with E-state index >= 15 is 0 Å². The first-order valence-electron chi connectivity index (χ1n) is 7.70. The van der Waals surface area contributed by atoms with Crippen LogP contribution in [0.2, 0.25) is 0 Å². The summed E-state index contributed by atoms with van der Waals surface area (Å²) in [4.78, 5) is 33.3. The largest absolute Gasteiger partial charge is 0.352 e. The third-order valence-corrected chi connectivity index (χ3v) is 3.30. The molecule has 0 atom stereocenters. The summed E-state index contributed by atoms with van der Waals surface area (Å²) in [6.45, 7) is 0.0904. The van der Waals surface area contributed by atoms with E-state index in [9.17, 15) is 24.1 Å². The molecule has 26 heavy (non-hydrogen) atoms. The molecule has 0 bridgehead atoms. The quantitative estimate of drug-likeness (QED) is 0.452. The van der Waals surface area contributed by atoms with Gasteiger partial charge in [-0.25, -0.2) is 0 Å². The van der Waals surface area contributed by atoms with Crippen molar-refractivity contribution < 1.29 is 18.9 Å². The molecule has 0 aliphatic heterocycles. The molecule has 0 saturated carbocycles. The number of anilines is 1. The Morgan fingerprint density at radius 1 is 1.15 bits per heavy atom. The third-order valence-electron chi connectivity index (χ3n) is 3.30. The second-order valence-corrected chi connectivity index (χ2v) is 5.26. The predicted molar refractivity (Wildman–Crippen MR) is 94.8 cm³/mol. The van der Waals surface area contributed by atoms with Crippen molar-refractivity contribution in [1.29, 1.82) is 0 Å². The molecule has 0 spiro atoms. The number of halogens is 1. The smallest absolute Gasteiger partial charge is 0.306 e. The molecule has 2 rings (SSSR count). The summed E-state index contributed by atoms with van der Waals surface area (Å²) in [7, 11) is 0. The van der Waals surface area contributed by atoms with Gasteiger partial charge >= 0.3 is 5.69 Å². The van der Waals surface area contributed by atoms with Gasteiger partial charge in [0.1, 0.15) is 0 Å². The Labute approximate surface area is 148 Å². The number of nitro groups is 1. The van der Waals surface area contributed by atoms with Crippen LogP contribution in [0.1, 0.15) is 12.0 Å². The van der Waals surface area contributed by atoms with Crippen LogP contribution in [0.4, 0.5) is 15.8 Å². The fourth-order valence-electron chi connectivity index (χ4n) is 2.05. The molecule has 2 amide bonds. The average Bonchev–Trinajstić information content (AvgIpc) is 2.62. The Balaban J connectivity index is 1.78. The topological polar surface area (TPSA) is 101 Å². The van der Waals surface area contributed by atoms with E-state index in [0.717, 1.165) is 17.7 Å². The first kappa shape index (κ1) is 18.8. The van der Waals surface area contributed by atoms with Gasteiger partial charge in [-0.1, -0.05) is 30.3 Å². The van der Waals surface area contributed by atoms with E-state index in [-0.39, 0.29) is 24.6 Å². The fourth-order valence-corrected chi connectivity index (χ4v) is 2.05. The van der Waals surface area contributed by atoms with Crippen molar-refractivity contribution in [3.05, 3.63) is 76.1 Å². The van der Waals surface area contributed by atoms with Gasteiger partial charge in [0.15, 0.2) is 0 Å². The molecular weight excluding hydrogens is 341 g/mol. The van der Waals surface area contributed by atoms with Gasteiger partial charge in [-0.05, 0) is 23.8 Å². The predicted octanol–water partition coefficient (Wildman–Crippen LogP) is 2.89. The molecule has 0 aliphatic carbocycles. The highest BCUT2D eigenvalue weighted by Gasteiger charge is 2.15. The molecule has 134 valence electrons. The van der Waals surface area contributed by atoms with Crippen molar-refractivity contribution in [3.63, 3.8) is 0 Å². The molecule has 7 nitrogen and oxygen atoms in total. The van der Waals surface area contributed by atoms with Crippen molar-refractivity contribution in [2.45, 2.75) is 6.42 Å². The van der Waals surface area contributed by atoms with Crippen LogP contribution < -0.4 is 10.6 Å². The molecule has 0 aromatic heterocycles. The number of nitro benzene ring substituents is 1. The molecule has 8 heteroatoms. The molecular formula is C18H16FN3O4. The lowest BCUT2D eigenvalue weighted by Gasteiger charge is -2.06. The minimum atomic E-state index is -0.981. The Kier molecular flexibility index (Phi) is 6.55. The summed E-state index contributed by atoms with van der Waals surface area (Å²) >= 11 is 0. The third kappa shape index (κ3) is 5.82. The van der Waals surface area contributed by atoms with E-state index in [4.69, 9.17) is 0 Å². The van der Waals surface area contributed by atoms with E-state index in [1.54, 1.807) is 6.08 Å². The molecule has 2 N–H and O–H groups in total. The van der Waals surface area contributed by atoms with Gasteiger partial charge in [0.05, 0.1) is 4.92 Å². The molecule has 0 fully saturated rings. The zero-order valence-corrected chi connectivity index (χ0v) is 13.6. The molecule has 0 saturated heterocycles. The van der Waals surface area contributed by atoms with E-state index in [0.29, 0.717) is 0 Å². The van der Waals surface area contributed by atoms with Gasteiger partial charge in [-0.3, -0.25) is 19.7 Å². The van der Waals surface area contributed by atoms with Crippen LogP contribution in [0.3, 0.4) is 0 Å². The van der Waals surface area contributed by atoms with Crippen LogP contribution in [0.5, 0.6) is 0 Å². The Hall–Kier alpha value is -3.55. The minimum Gasteiger partial charge on any atom is -0.352 e. The monoisotopic (exact) mass is 357 g/mol. The lowest BCUT2D eigenvalue weighted by atomic mass is 10.2. The second-order valence-electron chi connectivity index (χ2n) is 5.26. The summed E-state index contributed by atoms with van der Waals surface area (Å²) < 4.78 is 13.2. The maximum atomic E-state index is 13.2. The van der Waals surface area contributed by atoms with Crippen LogP contribution in [0, 0.1) is 15.9 Å². The number of nitrogens with zero attached hydrogens (tertiary/aromatic N) is 1. The number of carbonyl (C=O) groups excluding carboxylic acids is 2. The first-order chi connectivity index (χ1) is 12.5.